The Morgan fingerprint density at radius 1 is 0.912 bits per heavy atom. The van der Waals surface area contributed by atoms with Crippen LogP contribution in [0.1, 0.15) is 66.2 Å². The van der Waals surface area contributed by atoms with E-state index in [-0.39, 0.29) is 18.3 Å². The second kappa shape index (κ2) is 17.6. The summed E-state index contributed by atoms with van der Waals surface area (Å²) in [4.78, 5) is 50.2. The first-order valence-corrected chi connectivity index (χ1v) is 13.5. The van der Waals surface area contributed by atoms with Crippen LogP contribution in [0.5, 0.6) is 0 Å². The average molecular weight is 504 g/mol. The minimum Gasteiger partial charge on any atom is -0.480 e. The number of hydrogen-bond donors (Lipinski definition) is 6. The number of carbonyl (C=O) groups excluding carboxylic acids is 3. The van der Waals surface area contributed by atoms with Gasteiger partial charge in [0, 0.05) is 0 Å². The SMILES string of the molecule is CCC(C)C(NC(=O)C(N)CCCCN)C(=O)NC(CCSC)C(=O)NC(CC(C)C)C(=O)O. The fourth-order valence-corrected chi connectivity index (χ4v) is 3.80. The summed E-state index contributed by atoms with van der Waals surface area (Å²) < 4.78 is 0. The molecule has 3 amide bonds. The van der Waals surface area contributed by atoms with E-state index < -0.39 is 47.9 Å². The minimum absolute atomic E-state index is 0.0692. The molecule has 0 aliphatic rings. The monoisotopic (exact) mass is 503 g/mol. The first kappa shape index (κ1) is 32.1. The fraction of sp³-hybridized carbons (Fsp3) is 0.826. The maximum absolute atomic E-state index is 13.2. The van der Waals surface area contributed by atoms with Gasteiger partial charge in [-0.1, -0.05) is 40.5 Å². The van der Waals surface area contributed by atoms with Crippen molar-refractivity contribution in [3.05, 3.63) is 0 Å². The summed E-state index contributed by atoms with van der Waals surface area (Å²) in [5, 5.41) is 17.5. The summed E-state index contributed by atoms with van der Waals surface area (Å²) in [5.74, 6) is -2.13. The third-order valence-electron chi connectivity index (χ3n) is 5.66. The number of thioether (sulfide) groups is 1. The standard InChI is InChI=1S/C23H45N5O5S/c1-6-15(4)19(28-20(29)16(25)9-7-8-11-24)22(31)26-17(10-12-34-5)21(30)27-18(23(32)33)13-14(2)3/h14-19H,6-13,24-25H2,1-5H3,(H,26,31)(H,27,30)(H,28,29)(H,32,33). The molecule has 5 unspecified atom stereocenters. The van der Waals surface area contributed by atoms with Gasteiger partial charge in [-0.2, -0.15) is 11.8 Å². The van der Waals surface area contributed by atoms with E-state index in [1.807, 2.05) is 34.0 Å². The zero-order chi connectivity index (χ0) is 26.3. The third-order valence-corrected chi connectivity index (χ3v) is 6.31. The smallest absolute Gasteiger partial charge is 0.326 e. The van der Waals surface area contributed by atoms with E-state index >= 15 is 0 Å². The lowest BCUT2D eigenvalue weighted by atomic mass is 9.97. The second-order valence-electron chi connectivity index (χ2n) is 9.13. The number of amides is 3. The molecule has 0 heterocycles. The van der Waals surface area contributed by atoms with Crippen LogP contribution in [-0.4, -0.2) is 71.5 Å². The van der Waals surface area contributed by atoms with Crippen molar-refractivity contribution in [3.8, 4) is 0 Å². The Morgan fingerprint density at radius 2 is 1.53 bits per heavy atom. The molecule has 0 rings (SSSR count). The molecule has 10 nitrogen and oxygen atoms in total. The highest BCUT2D eigenvalue weighted by molar-refractivity contribution is 7.98. The van der Waals surface area contributed by atoms with Gasteiger partial charge in [-0.05, 0) is 56.1 Å². The van der Waals surface area contributed by atoms with E-state index in [1.165, 1.54) is 11.8 Å². The van der Waals surface area contributed by atoms with Crippen molar-refractivity contribution in [1.82, 2.24) is 16.0 Å². The van der Waals surface area contributed by atoms with Crippen molar-refractivity contribution in [2.75, 3.05) is 18.6 Å². The van der Waals surface area contributed by atoms with Crippen LogP contribution in [0.2, 0.25) is 0 Å². The molecule has 11 heteroatoms. The number of nitrogens with two attached hydrogens (primary N) is 2. The Labute approximate surface area is 208 Å². The van der Waals surface area contributed by atoms with Crippen LogP contribution < -0.4 is 27.4 Å². The zero-order valence-electron chi connectivity index (χ0n) is 21.3. The lowest BCUT2D eigenvalue weighted by Crippen LogP contribution is -2.58. The van der Waals surface area contributed by atoms with Gasteiger partial charge in [-0.15, -0.1) is 0 Å². The first-order chi connectivity index (χ1) is 16.0. The number of carboxylic acids is 1. The van der Waals surface area contributed by atoms with Crippen molar-refractivity contribution >= 4 is 35.5 Å². The highest BCUT2D eigenvalue weighted by Gasteiger charge is 2.32. The van der Waals surface area contributed by atoms with Gasteiger partial charge in [-0.3, -0.25) is 14.4 Å². The van der Waals surface area contributed by atoms with Crippen LogP contribution >= 0.6 is 11.8 Å². The molecule has 8 N–H and O–H groups in total. The number of nitrogens with one attached hydrogen (secondary N) is 3. The van der Waals surface area contributed by atoms with Crippen molar-refractivity contribution in [2.24, 2.45) is 23.3 Å². The van der Waals surface area contributed by atoms with E-state index in [1.54, 1.807) is 0 Å². The van der Waals surface area contributed by atoms with E-state index in [0.29, 0.717) is 38.0 Å². The van der Waals surface area contributed by atoms with Crippen molar-refractivity contribution in [1.29, 1.82) is 0 Å². The van der Waals surface area contributed by atoms with Gasteiger partial charge < -0.3 is 32.5 Å². The van der Waals surface area contributed by atoms with Crippen LogP contribution in [0, 0.1) is 11.8 Å². The van der Waals surface area contributed by atoms with Gasteiger partial charge in [0.05, 0.1) is 6.04 Å². The van der Waals surface area contributed by atoms with Gasteiger partial charge in [0.15, 0.2) is 0 Å². The molecule has 34 heavy (non-hydrogen) atoms. The second-order valence-corrected chi connectivity index (χ2v) is 10.1. The van der Waals surface area contributed by atoms with E-state index in [0.717, 1.165) is 6.42 Å². The highest BCUT2D eigenvalue weighted by atomic mass is 32.2. The summed E-state index contributed by atoms with van der Waals surface area (Å²) in [6.45, 7) is 8.00. The number of aliphatic carboxylic acids is 1. The van der Waals surface area contributed by atoms with Gasteiger partial charge >= 0.3 is 5.97 Å². The van der Waals surface area contributed by atoms with Crippen LogP contribution in [0.15, 0.2) is 0 Å². The number of carboxylic acid groups (broad SMARTS) is 1. The zero-order valence-corrected chi connectivity index (χ0v) is 22.1. The molecular formula is C23H45N5O5S. The van der Waals surface area contributed by atoms with E-state index in [4.69, 9.17) is 11.5 Å². The molecule has 0 aromatic rings. The molecule has 0 radical (unpaired) electrons. The molecule has 0 saturated carbocycles. The van der Waals surface area contributed by atoms with Gasteiger partial charge in [0.25, 0.3) is 0 Å². The van der Waals surface area contributed by atoms with Gasteiger partial charge in [-0.25, -0.2) is 4.79 Å². The number of rotatable bonds is 18. The van der Waals surface area contributed by atoms with Crippen LogP contribution in [0.4, 0.5) is 0 Å². The largest absolute Gasteiger partial charge is 0.480 e. The average Bonchev–Trinajstić information content (AvgIpc) is 2.78. The minimum atomic E-state index is -1.12. The summed E-state index contributed by atoms with van der Waals surface area (Å²) in [7, 11) is 0. The maximum atomic E-state index is 13.2. The molecule has 0 aromatic carbocycles. The lowest BCUT2D eigenvalue weighted by Gasteiger charge is -2.28. The van der Waals surface area contributed by atoms with Gasteiger partial charge in [0.1, 0.15) is 18.1 Å². The highest BCUT2D eigenvalue weighted by Crippen LogP contribution is 2.12. The molecule has 0 spiro atoms. The molecule has 0 fully saturated rings. The lowest BCUT2D eigenvalue weighted by molar-refractivity contribution is -0.142. The predicted octanol–water partition coefficient (Wildman–Crippen LogP) is 0.827. The Kier molecular flexibility index (Phi) is 16.6. The van der Waals surface area contributed by atoms with Crippen LogP contribution in [0.25, 0.3) is 0 Å². The van der Waals surface area contributed by atoms with E-state index in [9.17, 15) is 24.3 Å². The molecule has 0 saturated heterocycles. The Hall–Kier alpha value is -1.85. The quantitative estimate of drug-likeness (QED) is 0.149. The summed E-state index contributed by atoms with van der Waals surface area (Å²) in [6, 6.07) is -3.59. The van der Waals surface area contributed by atoms with Crippen molar-refractivity contribution in [2.45, 2.75) is 90.4 Å². The molecule has 5 atom stereocenters. The summed E-state index contributed by atoms with van der Waals surface area (Å²) in [5.41, 5.74) is 11.5. The van der Waals surface area contributed by atoms with E-state index in [2.05, 4.69) is 16.0 Å². The summed E-state index contributed by atoms with van der Waals surface area (Å²) >= 11 is 1.51. The first-order valence-electron chi connectivity index (χ1n) is 12.1. The number of unbranched alkanes of at least 4 members (excludes halogenated alkanes) is 1. The molecule has 0 aliphatic carbocycles. The van der Waals surface area contributed by atoms with Crippen molar-refractivity contribution in [3.63, 3.8) is 0 Å². The maximum Gasteiger partial charge on any atom is 0.326 e. The van der Waals surface area contributed by atoms with Crippen molar-refractivity contribution < 1.29 is 24.3 Å². The molecule has 0 aromatic heterocycles. The third kappa shape index (κ3) is 12.6. The molecule has 0 aliphatic heterocycles. The topological polar surface area (TPSA) is 177 Å². The molecule has 198 valence electrons. The van der Waals surface area contributed by atoms with Gasteiger partial charge in [0.2, 0.25) is 17.7 Å². The number of carbonyl (C=O) groups is 4. The fourth-order valence-electron chi connectivity index (χ4n) is 3.33. The Balaban J connectivity index is 5.43. The summed E-state index contributed by atoms with van der Waals surface area (Å²) in [6.07, 6.45) is 5.04. The normalized spacial score (nSPS) is 15.6. The van der Waals surface area contributed by atoms with Crippen LogP contribution in [0.3, 0.4) is 0 Å². The molecular weight excluding hydrogens is 458 g/mol. The van der Waals surface area contributed by atoms with Crippen LogP contribution in [-0.2, 0) is 19.2 Å². The Bertz CT molecular complexity index is 649. The Morgan fingerprint density at radius 3 is 2.03 bits per heavy atom. The predicted molar refractivity (Wildman–Crippen MR) is 136 cm³/mol. The molecule has 0 bridgehead atoms. The number of hydrogen-bond acceptors (Lipinski definition) is 7.